The second-order valence-corrected chi connectivity index (χ2v) is 6.99. The van der Waals surface area contributed by atoms with Crippen molar-refractivity contribution >= 4 is 11.7 Å². The molecule has 0 amide bonds. The summed E-state index contributed by atoms with van der Waals surface area (Å²) in [6, 6.07) is 21.6. The fourth-order valence-electron chi connectivity index (χ4n) is 3.64. The average molecular weight is 373 g/mol. The molecule has 1 aliphatic rings. The van der Waals surface area contributed by atoms with Crippen molar-refractivity contribution in [2.45, 2.75) is 6.54 Å². The van der Waals surface area contributed by atoms with E-state index in [1.807, 2.05) is 42.6 Å². The first-order valence-electron chi connectivity index (χ1n) is 9.51. The Morgan fingerprint density at radius 2 is 1.61 bits per heavy atom. The van der Waals surface area contributed by atoms with Gasteiger partial charge in [-0.1, -0.05) is 36.4 Å². The Labute approximate surface area is 164 Å². The van der Waals surface area contributed by atoms with Crippen LogP contribution < -0.4 is 4.90 Å². The monoisotopic (exact) mass is 373 g/mol. The average Bonchev–Trinajstić information content (AvgIpc) is 2.75. The molecule has 0 saturated carbocycles. The normalized spacial score (nSPS) is 14.8. The van der Waals surface area contributed by atoms with E-state index in [4.69, 9.17) is 5.11 Å². The number of aromatic nitrogens is 1. The number of hydrogen-bond acceptors (Lipinski definition) is 4. The maximum absolute atomic E-state index is 11.0. The van der Waals surface area contributed by atoms with E-state index in [2.05, 4.69) is 33.0 Å². The highest BCUT2D eigenvalue weighted by Gasteiger charge is 2.19. The Bertz CT molecular complexity index is 934. The lowest BCUT2D eigenvalue weighted by molar-refractivity contribution is 0.0697. The third-order valence-corrected chi connectivity index (χ3v) is 5.18. The molecule has 2 heterocycles. The van der Waals surface area contributed by atoms with Crippen molar-refractivity contribution in [1.82, 2.24) is 9.88 Å². The molecule has 1 saturated heterocycles. The van der Waals surface area contributed by atoms with Crippen LogP contribution in [-0.2, 0) is 6.54 Å². The second-order valence-electron chi connectivity index (χ2n) is 6.99. The molecule has 0 bridgehead atoms. The number of nitrogens with zero attached hydrogens (tertiary/aromatic N) is 3. The molecular weight excluding hydrogens is 350 g/mol. The molecule has 2 aromatic carbocycles. The van der Waals surface area contributed by atoms with Gasteiger partial charge in [-0.15, -0.1) is 0 Å². The van der Waals surface area contributed by atoms with Crippen LogP contribution in [-0.4, -0.2) is 47.1 Å². The Kier molecular flexibility index (Phi) is 5.35. The maximum atomic E-state index is 11.0. The first-order valence-corrected chi connectivity index (χ1v) is 9.51. The number of anilines is 1. The van der Waals surface area contributed by atoms with Crippen molar-refractivity contribution in [1.29, 1.82) is 0 Å². The zero-order valence-corrected chi connectivity index (χ0v) is 15.7. The third-order valence-electron chi connectivity index (χ3n) is 5.18. The Morgan fingerprint density at radius 1 is 0.893 bits per heavy atom. The molecule has 28 heavy (non-hydrogen) atoms. The van der Waals surface area contributed by atoms with Crippen molar-refractivity contribution in [3.63, 3.8) is 0 Å². The third kappa shape index (κ3) is 4.05. The van der Waals surface area contributed by atoms with E-state index in [1.165, 1.54) is 5.56 Å². The van der Waals surface area contributed by atoms with Crippen molar-refractivity contribution in [3.05, 3.63) is 84.1 Å². The molecule has 0 spiro atoms. The van der Waals surface area contributed by atoms with Gasteiger partial charge in [-0.25, -0.2) is 4.79 Å². The lowest BCUT2D eigenvalue weighted by Gasteiger charge is -2.36. The summed E-state index contributed by atoms with van der Waals surface area (Å²) in [7, 11) is 0. The number of benzene rings is 2. The SMILES string of the molecule is O=C(O)c1ccc(N2CCN(Cc3cccnc3-c3ccccc3)CC2)cc1. The lowest BCUT2D eigenvalue weighted by atomic mass is 10.1. The van der Waals surface area contributed by atoms with Crippen LogP contribution in [0, 0.1) is 0 Å². The Hall–Kier alpha value is -3.18. The lowest BCUT2D eigenvalue weighted by Crippen LogP contribution is -2.46. The van der Waals surface area contributed by atoms with Gasteiger partial charge in [0.1, 0.15) is 0 Å². The van der Waals surface area contributed by atoms with Gasteiger partial charge in [-0.3, -0.25) is 9.88 Å². The molecule has 1 aliphatic heterocycles. The summed E-state index contributed by atoms with van der Waals surface area (Å²) in [4.78, 5) is 20.4. The van der Waals surface area contributed by atoms with E-state index < -0.39 is 5.97 Å². The topological polar surface area (TPSA) is 56.7 Å². The highest BCUT2D eigenvalue weighted by Crippen LogP contribution is 2.23. The molecule has 5 nitrogen and oxygen atoms in total. The van der Waals surface area contributed by atoms with Gasteiger partial charge in [-0.2, -0.15) is 0 Å². The zero-order valence-electron chi connectivity index (χ0n) is 15.7. The number of carboxylic acids is 1. The summed E-state index contributed by atoms with van der Waals surface area (Å²) in [5, 5.41) is 9.04. The number of pyridine rings is 1. The summed E-state index contributed by atoms with van der Waals surface area (Å²) in [6.45, 7) is 4.65. The Balaban J connectivity index is 1.41. The quantitative estimate of drug-likeness (QED) is 0.738. The first kappa shape index (κ1) is 18.2. The van der Waals surface area contributed by atoms with E-state index in [0.29, 0.717) is 5.56 Å². The number of rotatable bonds is 5. The number of hydrogen-bond donors (Lipinski definition) is 1. The van der Waals surface area contributed by atoms with Gasteiger partial charge >= 0.3 is 5.97 Å². The van der Waals surface area contributed by atoms with Crippen LogP contribution in [0.3, 0.4) is 0 Å². The summed E-state index contributed by atoms with van der Waals surface area (Å²) in [6.07, 6.45) is 1.85. The van der Waals surface area contributed by atoms with Gasteiger partial charge in [-0.05, 0) is 35.9 Å². The van der Waals surface area contributed by atoms with Crippen LogP contribution in [0.25, 0.3) is 11.3 Å². The maximum Gasteiger partial charge on any atom is 0.335 e. The molecule has 1 fully saturated rings. The first-order chi connectivity index (χ1) is 13.7. The van der Waals surface area contributed by atoms with Crippen molar-refractivity contribution in [3.8, 4) is 11.3 Å². The predicted octanol–water partition coefficient (Wildman–Crippen LogP) is 3.77. The van der Waals surface area contributed by atoms with Gasteiger partial charge in [0.05, 0.1) is 11.3 Å². The Morgan fingerprint density at radius 3 is 2.29 bits per heavy atom. The minimum Gasteiger partial charge on any atom is -0.478 e. The van der Waals surface area contributed by atoms with E-state index in [-0.39, 0.29) is 0 Å². The minimum atomic E-state index is -0.887. The van der Waals surface area contributed by atoms with Crippen LogP contribution in [0.15, 0.2) is 72.9 Å². The standard InChI is InChI=1S/C23H23N3O2/c27-23(28)19-8-10-21(11-9-19)26-15-13-25(14-16-26)17-20-7-4-12-24-22(20)18-5-2-1-3-6-18/h1-12H,13-17H2,(H,27,28). The van der Waals surface area contributed by atoms with Crippen LogP contribution in [0.2, 0.25) is 0 Å². The molecule has 0 unspecified atom stereocenters. The second kappa shape index (κ2) is 8.23. The number of carboxylic acid groups (broad SMARTS) is 1. The molecule has 0 atom stereocenters. The minimum absolute atomic E-state index is 0.326. The zero-order chi connectivity index (χ0) is 19.3. The highest BCUT2D eigenvalue weighted by molar-refractivity contribution is 5.88. The van der Waals surface area contributed by atoms with Gasteiger partial charge < -0.3 is 10.0 Å². The van der Waals surface area contributed by atoms with Crippen molar-refractivity contribution in [2.75, 3.05) is 31.1 Å². The molecular formula is C23H23N3O2. The van der Waals surface area contributed by atoms with Crippen LogP contribution in [0.1, 0.15) is 15.9 Å². The fourth-order valence-corrected chi connectivity index (χ4v) is 3.64. The number of carbonyl (C=O) groups is 1. The van der Waals surface area contributed by atoms with Gasteiger partial charge in [0.2, 0.25) is 0 Å². The highest BCUT2D eigenvalue weighted by atomic mass is 16.4. The molecule has 5 heteroatoms. The van der Waals surface area contributed by atoms with Crippen molar-refractivity contribution in [2.24, 2.45) is 0 Å². The molecule has 0 aliphatic carbocycles. The summed E-state index contributed by atoms with van der Waals surface area (Å²) in [5.41, 5.74) is 4.85. The summed E-state index contributed by atoms with van der Waals surface area (Å²) >= 11 is 0. The molecule has 3 aromatic rings. The van der Waals surface area contributed by atoms with Crippen LogP contribution >= 0.6 is 0 Å². The predicted molar refractivity (Wildman–Crippen MR) is 111 cm³/mol. The van der Waals surface area contributed by atoms with Gasteiger partial charge in [0.15, 0.2) is 0 Å². The van der Waals surface area contributed by atoms with Crippen LogP contribution in [0.4, 0.5) is 5.69 Å². The molecule has 142 valence electrons. The molecule has 0 radical (unpaired) electrons. The fraction of sp³-hybridized carbons (Fsp3) is 0.217. The molecule has 1 N–H and O–H groups in total. The molecule has 1 aromatic heterocycles. The summed E-state index contributed by atoms with van der Waals surface area (Å²) < 4.78 is 0. The number of piperazine rings is 1. The van der Waals surface area contributed by atoms with Crippen molar-refractivity contribution < 1.29 is 9.90 Å². The van der Waals surface area contributed by atoms with Gasteiger partial charge in [0, 0.05) is 50.2 Å². The smallest absolute Gasteiger partial charge is 0.335 e. The van der Waals surface area contributed by atoms with E-state index >= 15 is 0 Å². The van der Waals surface area contributed by atoms with E-state index in [1.54, 1.807) is 12.1 Å². The van der Waals surface area contributed by atoms with Crippen LogP contribution in [0.5, 0.6) is 0 Å². The largest absolute Gasteiger partial charge is 0.478 e. The van der Waals surface area contributed by atoms with E-state index in [9.17, 15) is 4.79 Å². The van der Waals surface area contributed by atoms with Gasteiger partial charge in [0.25, 0.3) is 0 Å². The van der Waals surface area contributed by atoms with E-state index in [0.717, 1.165) is 49.7 Å². The molecule has 4 rings (SSSR count). The summed E-state index contributed by atoms with van der Waals surface area (Å²) in [5.74, 6) is -0.887. The number of aromatic carboxylic acids is 1.